The number of nitrogens with zero attached hydrogens (tertiary/aromatic N) is 1. The molecular weight excluding hydrogens is 224 g/mol. The van der Waals surface area contributed by atoms with Crippen molar-refractivity contribution in [2.45, 2.75) is 6.54 Å². The molecule has 2 N–H and O–H groups in total. The van der Waals surface area contributed by atoms with E-state index in [1.165, 1.54) is 0 Å². The fraction of sp³-hybridized carbons (Fsp3) is 0.125. The van der Waals surface area contributed by atoms with Crippen LogP contribution in [0.2, 0.25) is 4.34 Å². The SMILES string of the molecule is NCc1ncc(-c2ccc(Cl)s2)s1. The fourth-order valence-corrected chi connectivity index (χ4v) is 2.88. The maximum atomic E-state index is 5.83. The van der Waals surface area contributed by atoms with Gasteiger partial charge in [-0.15, -0.1) is 22.7 Å². The molecule has 0 radical (unpaired) electrons. The van der Waals surface area contributed by atoms with Gasteiger partial charge in [0.15, 0.2) is 0 Å². The molecule has 2 aromatic heterocycles. The summed E-state index contributed by atoms with van der Waals surface area (Å²) >= 11 is 9.00. The maximum Gasteiger partial charge on any atom is 0.107 e. The van der Waals surface area contributed by atoms with Gasteiger partial charge in [0.25, 0.3) is 0 Å². The van der Waals surface area contributed by atoms with Crippen LogP contribution in [0.15, 0.2) is 18.3 Å². The molecule has 0 aromatic carbocycles. The van der Waals surface area contributed by atoms with E-state index in [1.807, 2.05) is 18.3 Å². The Kier molecular flexibility index (Phi) is 2.64. The van der Waals surface area contributed by atoms with Crippen molar-refractivity contribution in [1.82, 2.24) is 4.98 Å². The number of halogens is 1. The smallest absolute Gasteiger partial charge is 0.107 e. The maximum absolute atomic E-state index is 5.83. The molecule has 0 amide bonds. The Morgan fingerprint density at radius 2 is 2.15 bits per heavy atom. The highest BCUT2D eigenvalue weighted by atomic mass is 35.5. The second-order valence-corrected chi connectivity index (χ2v) is 5.26. The number of nitrogens with two attached hydrogens (primary N) is 1. The molecule has 0 aliphatic heterocycles. The van der Waals surface area contributed by atoms with Crippen molar-refractivity contribution in [2.75, 3.05) is 0 Å². The molecule has 0 aliphatic rings. The van der Waals surface area contributed by atoms with Crippen LogP contribution in [-0.4, -0.2) is 4.98 Å². The van der Waals surface area contributed by atoms with Crippen LogP contribution >= 0.6 is 34.3 Å². The number of aromatic nitrogens is 1. The van der Waals surface area contributed by atoms with Gasteiger partial charge >= 0.3 is 0 Å². The van der Waals surface area contributed by atoms with E-state index >= 15 is 0 Å². The van der Waals surface area contributed by atoms with E-state index in [2.05, 4.69) is 4.98 Å². The first-order valence-electron chi connectivity index (χ1n) is 3.70. The van der Waals surface area contributed by atoms with Gasteiger partial charge in [0.1, 0.15) is 5.01 Å². The van der Waals surface area contributed by atoms with Gasteiger partial charge in [-0.1, -0.05) is 11.6 Å². The Balaban J connectivity index is 2.35. The van der Waals surface area contributed by atoms with Crippen molar-refractivity contribution in [3.8, 4) is 9.75 Å². The molecular formula is C8H7ClN2S2. The molecule has 13 heavy (non-hydrogen) atoms. The summed E-state index contributed by atoms with van der Waals surface area (Å²) in [4.78, 5) is 6.47. The van der Waals surface area contributed by atoms with E-state index in [-0.39, 0.29) is 0 Å². The minimum atomic E-state index is 0.504. The lowest BCUT2D eigenvalue weighted by molar-refractivity contribution is 1.04. The first-order valence-corrected chi connectivity index (χ1v) is 5.71. The van der Waals surface area contributed by atoms with E-state index in [1.54, 1.807) is 22.7 Å². The normalized spacial score (nSPS) is 10.6. The summed E-state index contributed by atoms with van der Waals surface area (Å²) in [6.45, 7) is 0.504. The number of hydrogen-bond acceptors (Lipinski definition) is 4. The van der Waals surface area contributed by atoms with Crippen LogP contribution in [0.1, 0.15) is 5.01 Å². The quantitative estimate of drug-likeness (QED) is 0.862. The molecule has 0 spiro atoms. The summed E-state index contributed by atoms with van der Waals surface area (Å²) in [5.41, 5.74) is 5.47. The minimum Gasteiger partial charge on any atom is -0.325 e. The van der Waals surface area contributed by atoms with E-state index in [4.69, 9.17) is 17.3 Å². The van der Waals surface area contributed by atoms with Crippen LogP contribution in [0.3, 0.4) is 0 Å². The van der Waals surface area contributed by atoms with Crippen molar-refractivity contribution in [3.05, 3.63) is 27.7 Å². The van der Waals surface area contributed by atoms with Crippen molar-refractivity contribution in [2.24, 2.45) is 5.73 Å². The number of thiophene rings is 1. The van der Waals surface area contributed by atoms with Gasteiger partial charge in [0.2, 0.25) is 0 Å². The van der Waals surface area contributed by atoms with Crippen LogP contribution < -0.4 is 5.73 Å². The summed E-state index contributed by atoms with van der Waals surface area (Å²) in [6.07, 6.45) is 1.84. The topological polar surface area (TPSA) is 38.9 Å². The van der Waals surface area contributed by atoms with Crippen LogP contribution in [0.5, 0.6) is 0 Å². The van der Waals surface area contributed by atoms with Crippen molar-refractivity contribution in [1.29, 1.82) is 0 Å². The van der Waals surface area contributed by atoms with E-state index in [9.17, 15) is 0 Å². The van der Waals surface area contributed by atoms with Crippen molar-refractivity contribution >= 4 is 34.3 Å². The molecule has 2 aromatic rings. The average molecular weight is 231 g/mol. The van der Waals surface area contributed by atoms with E-state index < -0.39 is 0 Å². The minimum absolute atomic E-state index is 0.504. The Morgan fingerprint density at radius 1 is 1.31 bits per heavy atom. The number of thiazole rings is 1. The van der Waals surface area contributed by atoms with Gasteiger partial charge in [-0.05, 0) is 12.1 Å². The number of rotatable bonds is 2. The standard InChI is InChI=1S/C8H7ClN2S2/c9-7-2-1-5(12-7)6-4-11-8(3-10)13-6/h1-2,4H,3,10H2. The van der Waals surface area contributed by atoms with Crippen molar-refractivity contribution < 1.29 is 0 Å². The lowest BCUT2D eigenvalue weighted by atomic mass is 10.4. The largest absolute Gasteiger partial charge is 0.325 e. The van der Waals surface area contributed by atoms with Gasteiger partial charge in [-0.2, -0.15) is 0 Å². The molecule has 0 atom stereocenters. The summed E-state index contributed by atoms with van der Waals surface area (Å²) in [6, 6.07) is 3.89. The van der Waals surface area contributed by atoms with Gasteiger partial charge in [-0.25, -0.2) is 4.98 Å². The molecule has 0 bridgehead atoms. The molecule has 2 heterocycles. The summed E-state index contributed by atoms with van der Waals surface area (Å²) in [5, 5.41) is 0.958. The van der Waals surface area contributed by atoms with Crippen molar-refractivity contribution in [3.63, 3.8) is 0 Å². The first kappa shape index (κ1) is 9.15. The molecule has 0 fully saturated rings. The Morgan fingerprint density at radius 3 is 2.69 bits per heavy atom. The van der Waals surface area contributed by atoms with Gasteiger partial charge in [-0.3, -0.25) is 0 Å². The molecule has 68 valence electrons. The van der Waals surface area contributed by atoms with E-state index in [0.717, 1.165) is 19.1 Å². The summed E-state index contributed by atoms with van der Waals surface area (Å²) in [5.74, 6) is 0. The first-order chi connectivity index (χ1) is 6.29. The third-order valence-corrected chi connectivity index (χ3v) is 3.99. The second kappa shape index (κ2) is 3.75. The number of hydrogen-bond donors (Lipinski definition) is 1. The van der Waals surface area contributed by atoms with Crippen LogP contribution in [0.25, 0.3) is 9.75 Å². The molecule has 0 unspecified atom stereocenters. The predicted octanol–water partition coefficient (Wildman–Crippen LogP) is 2.98. The van der Waals surface area contributed by atoms with Gasteiger partial charge in [0, 0.05) is 17.6 Å². The lowest BCUT2D eigenvalue weighted by Gasteiger charge is -1.86. The Hall–Kier alpha value is -0.420. The van der Waals surface area contributed by atoms with Crippen LogP contribution in [0, 0.1) is 0 Å². The fourth-order valence-electron chi connectivity index (χ4n) is 0.965. The molecule has 2 nitrogen and oxygen atoms in total. The lowest BCUT2D eigenvalue weighted by Crippen LogP contribution is -1.93. The third-order valence-electron chi connectivity index (χ3n) is 1.54. The Bertz CT molecular complexity index is 408. The van der Waals surface area contributed by atoms with Gasteiger partial charge in [0.05, 0.1) is 9.21 Å². The Labute approximate surface area is 89.0 Å². The van der Waals surface area contributed by atoms with Crippen LogP contribution in [-0.2, 0) is 6.54 Å². The van der Waals surface area contributed by atoms with Crippen LogP contribution in [0.4, 0.5) is 0 Å². The predicted molar refractivity (Wildman–Crippen MR) is 58.3 cm³/mol. The third kappa shape index (κ3) is 1.91. The van der Waals surface area contributed by atoms with E-state index in [0.29, 0.717) is 6.54 Å². The zero-order valence-electron chi connectivity index (χ0n) is 6.66. The second-order valence-electron chi connectivity index (χ2n) is 2.43. The summed E-state index contributed by atoms with van der Waals surface area (Å²) < 4.78 is 0.803. The zero-order chi connectivity index (χ0) is 9.26. The summed E-state index contributed by atoms with van der Waals surface area (Å²) in [7, 11) is 0. The molecule has 0 saturated heterocycles. The highest BCUT2D eigenvalue weighted by Crippen LogP contribution is 2.34. The van der Waals surface area contributed by atoms with Gasteiger partial charge < -0.3 is 5.73 Å². The molecule has 5 heteroatoms. The average Bonchev–Trinajstić information content (AvgIpc) is 2.71. The highest BCUT2D eigenvalue weighted by Gasteiger charge is 2.05. The highest BCUT2D eigenvalue weighted by molar-refractivity contribution is 7.24. The molecule has 0 aliphatic carbocycles. The molecule has 0 saturated carbocycles. The zero-order valence-corrected chi connectivity index (χ0v) is 9.05. The monoisotopic (exact) mass is 230 g/mol. The molecule has 2 rings (SSSR count).